The van der Waals surface area contributed by atoms with Crippen molar-refractivity contribution < 1.29 is 9.13 Å². The molecule has 3 heteroatoms. The zero-order chi connectivity index (χ0) is 15.2. The molecule has 110 valence electrons. The first-order chi connectivity index (χ1) is 10.8. The molecular formula is C19H16FNO. The molecule has 0 bridgehead atoms. The summed E-state index contributed by atoms with van der Waals surface area (Å²) in [6.07, 6.45) is 0. The Labute approximate surface area is 129 Å². The fourth-order valence-corrected chi connectivity index (χ4v) is 2.11. The van der Waals surface area contributed by atoms with Crippen LogP contribution in [0.15, 0.2) is 78.9 Å². The van der Waals surface area contributed by atoms with Crippen molar-refractivity contribution in [2.24, 2.45) is 0 Å². The second kappa shape index (κ2) is 6.76. The van der Waals surface area contributed by atoms with Crippen LogP contribution in [0, 0.1) is 5.82 Å². The van der Waals surface area contributed by atoms with E-state index in [2.05, 4.69) is 5.32 Å². The molecule has 0 atom stereocenters. The van der Waals surface area contributed by atoms with Crippen LogP contribution >= 0.6 is 0 Å². The standard InChI is InChI=1S/C19H16FNO/c20-16-7-4-8-18(13-16)21-17-9-11-19(12-10-17)22-14-15-5-2-1-3-6-15/h1-13,21H,14H2. The van der Waals surface area contributed by atoms with Crippen LogP contribution in [0.2, 0.25) is 0 Å². The minimum Gasteiger partial charge on any atom is -0.489 e. The molecule has 0 aliphatic rings. The summed E-state index contributed by atoms with van der Waals surface area (Å²) in [7, 11) is 0. The Morgan fingerprint density at radius 2 is 1.55 bits per heavy atom. The number of benzene rings is 3. The summed E-state index contributed by atoms with van der Waals surface area (Å²) >= 11 is 0. The normalized spacial score (nSPS) is 10.2. The molecule has 0 saturated carbocycles. The number of rotatable bonds is 5. The van der Waals surface area contributed by atoms with Crippen LogP contribution in [0.5, 0.6) is 5.75 Å². The van der Waals surface area contributed by atoms with Gasteiger partial charge in [-0.2, -0.15) is 0 Å². The smallest absolute Gasteiger partial charge is 0.125 e. The second-order valence-corrected chi connectivity index (χ2v) is 4.93. The van der Waals surface area contributed by atoms with E-state index in [0.717, 1.165) is 22.7 Å². The maximum atomic E-state index is 13.1. The fourth-order valence-electron chi connectivity index (χ4n) is 2.11. The van der Waals surface area contributed by atoms with E-state index in [-0.39, 0.29) is 5.82 Å². The quantitative estimate of drug-likeness (QED) is 0.702. The maximum absolute atomic E-state index is 13.1. The molecule has 0 radical (unpaired) electrons. The van der Waals surface area contributed by atoms with E-state index in [4.69, 9.17) is 4.74 Å². The third kappa shape index (κ3) is 3.85. The van der Waals surface area contributed by atoms with Crippen LogP contribution in [0.3, 0.4) is 0 Å². The molecule has 22 heavy (non-hydrogen) atoms. The number of halogens is 1. The Hall–Kier alpha value is -2.81. The van der Waals surface area contributed by atoms with Gasteiger partial charge in [-0.1, -0.05) is 36.4 Å². The average molecular weight is 293 g/mol. The Kier molecular flexibility index (Phi) is 4.35. The van der Waals surface area contributed by atoms with E-state index >= 15 is 0 Å². The fraction of sp³-hybridized carbons (Fsp3) is 0.0526. The molecule has 0 saturated heterocycles. The summed E-state index contributed by atoms with van der Waals surface area (Å²) in [4.78, 5) is 0. The predicted molar refractivity (Wildman–Crippen MR) is 86.9 cm³/mol. The van der Waals surface area contributed by atoms with Crippen LogP contribution in [-0.2, 0) is 6.61 Å². The third-order valence-corrected chi connectivity index (χ3v) is 3.22. The molecule has 0 spiro atoms. The number of hydrogen-bond donors (Lipinski definition) is 1. The van der Waals surface area contributed by atoms with Gasteiger partial charge in [0.05, 0.1) is 0 Å². The second-order valence-electron chi connectivity index (χ2n) is 4.93. The number of ether oxygens (including phenoxy) is 1. The Bertz CT molecular complexity index is 726. The first kappa shape index (κ1) is 14.1. The summed E-state index contributed by atoms with van der Waals surface area (Å²) in [5.41, 5.74) is 2.74. The summed E-state index contributed by atoms with van der Waals surface area (Å²) in [6.45, 7) is 0.539. The average Bonchev–Trinajstić information content (AvgIpc) is 2.55. The first-order valence-corrected chi connectivity index (χ1v) is 7.09. The van der Waals surface area contributed by atoms with E-state index in [1.165, 1.54) is 12.1 Å². The van der Waals surface area contributed by atoms with Crippen LogP contribution in [-0.4, -0.2) is 0 Å². The van der Waals surface area contributed by atoms with E-state index in [1.807, 2.05) is 60.7 Å². The van der Waals surface area contributed by atoms with Crippen LogP contribution in [0.4, 0.5) is 15.8 Å². The minimum absolute atomic E-state index is 0.257. The molecule has 0 unspecified atom stereocenters. The van der Waals surface area contributed by atoms with Gasteiger partial charge in [-0.25, -0.2) is 4.39 Å². The Balaban J connectivity index is 1.60. The summed E-state index contributed by atoms with van der Waals surface area (Å²) in [5, 5.41) is 3.15. The maximum Gasteiger partial charge on any atom is 0.125 e. The number of hydrogen-bond acceptors (Lipinski definition) is 2. The van der Waals surface area contributed by atoms with Crippen molar-refractivity contribution >= 4 is 11.4 Å². The van der Waals surface area contributed by atoms with Gasteiger partial charge in [0, 0.05) is 11.4 Å². The van der Waals surface area contributed by atoms with Crippen molar-refractivity contribution in [1.82, 2.24) is 0 Å². The van der Waals surface area contributed by atoms with Gasteiger partial charge in [0.1, 0.15) is 18.2 Å². The summed E-state index contributed by atoms with van der Waals surface area (Å²) in [6, 6.07) is 24.0. The molecular weight excluding hydrogens is 277 g/mol. The van der Waals surface area contributed by atoms with E-state index < -0.39 is 0 Å². The van der Waals surface area contributed by atoms with Gasteiger partial charge in [0.25, 0.3) is 0 Å². The monoisotopic (exact) mass is 293 g/mol. The topological polar surface area (TPSA) is 21.3 Å². The zero-order valence-corrected chi connectivity index (χ0v) is 12.0. The largest absolute Gasteiger partial charge is 0.489 e. The Morgan fingerprint density at radius 1 is 0.773 bits per heavy atom. The molecule has 1 N–H and O–H groups in total. The molecule has 0 aromatic heterocycles. The van der Waals surface area contributed by atoms with Crippen molar-refractivity contribution in [2.75, 3.05) is 5.32 Å². The van der Waals surface area contributed by atoms with Gasteiger partial charge in [-0.3, -0.25) is 0 Å². The van der Waals surface area contributed by atoms with E-state index in [1.54, 1.807) is 6.07 Å². The molecule has 3 aromatic carbocycles. The van der Waals surface area contributed by atoms with Crippen molar-refractivity contribution in [2.45, 2.75) is 6.61 Å². The molecule has 3 aromatic rings. The molecule has 0 heterocycles. The highest BCUT2D eigenvalue weighted by molar-refractivity contribution is 5.60. The molecule has 0 aliphatic heterocycles. The molecule has 0 fully saturated rings. The van der Waals surface area contributed by atoms with Crippen molar-refractivity contribution in [3.05, 3.63) is 90.2 Å². The van der Waals surface area contributed by atoms with Gasteiger partial charge < -0.3 is 10.1 Å². The Morgan fingerprint density at radius 3 is 2.27 bits per heavy atom. The predicted octanol–water partition coefficient (Wildman–Crippen LogP) is 5.15. The lowest BCUT2D eigenvalue weighted by atomic mass is 10.2. The van der Waals surface area contributed by atoms with Crippen LogP contribution < -0.4 is 10.1 Å². The highest BCUT2D eigenvalue weighted by Crippen LogP contribution is 2.21. The van der Waals surface area contributed by atoms with Crippen LogP contribution in [0.1, 0.15) is 5.56 Å². The summed E-state index contributed by atoms with van der Waals surface area (Å²) in [5.74, 6) is 0.543. The number of nitrogens with one attached hydrogen (secondary N) is 1. The van der Waals surface area contributed by atoms with Gasteiger partial charge in [-0.15, -0.1) is 0 Å². The first-order valence-electron chi connectivity index (χ1n) is 7.09. The van der Waals surface area contributed by atoms with Crippen molar-refractivity contribution in [3.63, 3.8) is 0 Å². The summed E-state index contributed by atoms with van der Waals surface area (Å²) < 4.78 is 18.9. The minimum atomic E-state index is -0.257. The lowest BCUT2D eigenvalue weighted by Crippen LogP contribution is -1.95. The lowest BCUT2D eigenvalue weighted by Gasteiger charge is -2.09. The highest BCUT2D eigenvalue weighted by Gasteiger charge is 1.99. The third-order valence-electron chi connectivity index (χ3n) is 3.22. The molecule has 3 rings (SSSR count). The van der Waals surface area contributed by atoms with Gasteiger partial charge in [0.15, 0.2) is 0 Å². The lowest BCUT2D eigenvalue weighted by molar-refractivity contribution is 0.306. The molecule has 2 nitrogen and oxygen atoms in total. The van der Waals surface area contributed by atoms with E-state index in [0.29, 0.717) is 6.61 Å². The zero-order valence-electron chi connectivity index (χ0n) is 12.0. The van der Waals surface area contributed by atoms with Crippen molar-refractivity contribution in [1.29, 1.82) is 0 Å². The van der Waals surface area contributed by atoms with E-state index in [9.17, 15) is 4.39 Å². The SMILES string of the molecule is Fc1cccc(Nc2ccc(OCc3ccccc3)cc2)c1. The van der Waals surface area contributed by atoms with Gasteiger partial charge in [-0.05, 0) is 48.0 Å². The van der Waals surface area contributed by atoms with Crippen molar-refractivity contribution in [3.8, 4) is 5.75 Å². The highest BCUT2D eigenvalue weighted by atomic mass is 19.1. The molecule has 0 aliphatic carbocycles. The molecule has 0 amide bonds. The van der Waals surface area contributed by atoms with Crippen LogP contribution in [0.25, 0.3) is 0 Å². The van der Waals surface area contributed by atoms with Gasteiger partial charge in [0.2, 0.25) is 0 Å². The number of anilines is 2. The van der Waals surface area contributed by atoms with Gasteiger partial charge >= 0.3 is 0 Å².